The minimum Gasteiger partial charge on any atom is -0.497 e. The number of carbonyl (C=O) groups is 2. The molecule has 0 spiro atoms. The Labute approximate surface area is 167 Å². The average molecular weight is 403 g/mol. The van der Waals surface area contributed by atoms with E-state index in [-0.39, 0.29) is 11.4 Å². The molecule has 0 unspecified atom stereocenters. The second-order valence-corrected chi connectivity index (χ2v) is 6.19. The van der Waals surface area contributed by atoms with Crippen LogP contribution in [-0.2, 0) is 20.7 Å². The Kier molecular flexibility index (Phi) is 7.24. The van der Waals surface area contributed by atoms with Crippen LogP contribution < -0.4 is 14.8 Å². The molecule has 7 nitrogen and oxygen atoms in total. The van der Waals surface area contributed by atoms with Crippen molar-refractivity contribution < 1.29 is 23.8 Å². The Balaban J connectivity index is 1.97. The van der Waals surface area contributed by atoms with E-state index in [4.69, 9.17) is 31.1 Å². The van der Waals surface area contributed by atoms with Crippen LogP contribution >= 0.6 is 11.6 Å². The number of rotatable bonds is 7. The van der Waals surface area contributed by atoms with Gasteiger partial charge in [0.25, 0.3) is 5.91 Å². The Morgan fingerprint density at radius 3 is 2.54 bits per heavy atom. The lowest BCUT2D eigenvalue weighted by Crippen LogP contribution is -2.30. The van der Waals surface area contributed by atoms with Crippen molar-refractivity contribution >= 4 is 29.2 Å². The summed E-state index contributed by atoms with van der Waals surface area (Å²) >= 11 is 5.94. The van der Waals surface area contributed by atoms with E-state index in [1.165, 1.54) is 33.3 Å². The van der Waals surface area contributed by atoms with Crippen LogP contribution in [0.3, 0.4) is 0 Å². The van der Waals surface area contributed by atoms with E-state index in [2.05, 4.69) is 5.32 Å². The van der Waals surface area contributed by atoms with Gasteiger partial charge in [-0.1, -0.05) is 17.7 Å². The summed E-state index contributed by atoms with van der Waals surface area (Å²) in [6.07, 6.45) is -1.08. The second-order valence-electron chi connectivity index (χ2n) is 5.78. The van der Waals surface area contributed by atoms with Gasteiger partial charge in [-0.2, -0.15) is 5.26 Å². The minimum absolute atomic E-state index is 0.0620. The maximum Gasteiger partial charge on any atom is 0.311 e. The number of carbonyl (C=O) groups excluding carboxylic acids is 2. The van der Waals surface area contributed by atoms with Gasteiger partial charge in [-0.05, 0) is 31.2 Å². The molecule has 0 aliphatic carbocycles. The zero-order valence-corrected chi connectivity index (χ0v) is 16.4. The van der Waals surface area contributed by atoms with Gasteiger partial charge in [0.1, 0.15) is 17.6 Å². The fourth-order valence-electron chi connectivity index (χ4n) is 2.37. The molecule has 0 saturated carbocycles. The van der Waals surface area contributed by atoms with Gasteiger partial charge in [0, 0.05) is 17.3 Å². The summed E-state index contributed by atoms with van der Waals surface area (Å²) in [5.41, 5.74) is 1.31. The number of nitriles is 1. The van der Waals surface area contributed by atoms with Crippen molar-refractivity contribution in [2.75, 3.05) is 19.5 Å². The number of anilines is 1. The van der Waals surface area contributed by atoms with E-state index >= 15 is 0 Å². The van der Waals surface area contributed by atoms with Crippen molar-refractivity contribution in [1.29, 1.82) is 5.26 Å². The maximum absolute atomic E-state index is 12.2. The van der Waals surface area contributed by atoms with Crippen molar-refractivity contribution in [2.24, 2.45) is 0 Å². The predicted octanol–water partition coefficient (Wildman–Crippen LogP) is 3.34. The fourth-order valence-corrected chi connectivity index (χ4v) is 2.60. The summed E-state index contributed by atoms with van der Waals surface area (Å²) in [4.78, 5) is 24.4. The normalized spacial score (nSPS) is 11.1. The van der Waals surface area contributed by atoms with E-state index in [1.54, 1.807) is 24.3 Å². The standard InChI is InChI=1S/C20H19ClN2O5/c1-12(20(25)23-15-6-4-14(11-22)17(21)9-15)28-19(24)8-13-5-7-16(26-2)10-18(13)27-3/h4-7,9-10,12H,8H2,1-3H3,(H,23,25)/t12-/m1/s1. The third kappa shape index (κ3) is 5.38. The molecular weight excluding hydrogens is 384 g/mol. The number of hydrogen-bond donors (Lipinski definition) is 1. The van der Waals surface area contributed by atoms with Gasteiger partial charge in [0.05, 0.1) is 31.2 Å². The van der Waals surface area contributed by atoms with E-state index in [9.17, 15) is 9.59 Å². The Morgan fingerprint density at radius 1 is 1.18 bits per heavy atom. The van der Waals surface area contributed by atoms with Crippen molar-refractivity contribution in [3.05, 3.63) is 52.5 Å². The number of benzene rings is 2. The van der Waals surface area contributed by atoms with Crippen molar-refractivity contribution in [3.63, 3.8) is 0 Å². The largest absolute Gasteiger partial charge is 0.497 e. The molecule has 1 N–H and O–H groups in total. The van der Waals surface area contributed by atoms with Crippen molar-refractivity contribution in [1.82, 2.24) is 0 Å². The highest BCUT2D eigenvalue weighted by Gasteiger charge is 2.20. The number of nitrogens with one attached hydrogen (secondary N) is 1. The van der Waals surface area contributed by atoms with Crippen LogP contribution in [-0.4, -0.2) is 32.2 Å². The molecule has 8 heteroatoms. The van der Waals surface area contributed by atoms with Gasteiger partial charge in [-0.25, -0.2) is 0 Å². The van der Waals surface area contributed by atoms with E-state index < -0.39 is 18.0 Å². The molecule has 0 bridgehead atoms. The van der Waals surface area contributed by atoms with Crippen molar-refractivity contribution in [3.8, 4) is 17.6 Å². The van der Waals surface area contributed by atoms with Gasteiger partial charge < -0.3 is 19.5 Å². The molecule has 2 rings (SSSR count). The molecule has 1 atom stereocenters. The van der Waals surface area contributed by atoms with E-state index in [0.29, 0.717) is 28.3 Å². The lowest BCUT2D eigenvalue weighted by molar-refractivity contribution is -0.152. The summed E-state index contributed by atoms with van der Waals surface area (Å²) in [6, 6.07) is 11.5. The first-order valence-corrected chi connectivity index (χ1v) is 8.66. The number of methoxy groups -OCH3 is 2. The van der Waals surface area contributed by atoms with Crippen LogP contribution in [0, 0.1) is 11.3 Å². The molecule has 0 radical (unpaired) electrons. The van der Waals surface area contributed by atoms with Gasteiger partial charge >= 0.3 is 5.97 Å². The van der Waals surface area contributed by atoms with Crippen LogP contribution in [0.25, 0.3) is 0 Å². The van der Waals surface area contributed by atoms with Crippen molar-refractivity contribution in [2.45, 2.75) is 19.4 Å². The first-order chi connectivity index (χ1) is 13.4. The highest BCUT2D eigenvalue weighted by Crippen LogP contribution is 2.25. The molecule has 2 aromatic rings. The quantitative estimate of drug-likeness (QED) is 0.713. The van der Waals surface area contributed by atoms with Gasteiger partial charge in [0.2, 0.25) is 0 Å². The lowest BCUT2D eigenvalue weighted by atomic mass is 10.1. The summed E-state index contributed by atoms with van der Waals surface area (Å²) in [6.45, 7) is 1.46. The van der Waals surface area contributed by atoms with Crippen LogP contribution in [0.2, 0.25) is 5.02 Å². The van der Waals surface area contributed by atoms with Crippen LogP contribution in [0.4, 0.5) is 5.69 Å². The molecule has 0 fully saturated rings. The summed E-state index contributed by atoms with van der Waals surface area (Å²) in [7, 11) is 3.02. The SMILES string of the molecule is COc1ccc(CC(=O)O[C@H](C)C(=O)Nc2ccc(C#N)c(Cl)c2)c(OC)c1. The number of halogens is 1. The Bertz CT molecular complexity index is 923. The molecule has 0 aromatic heterocycles. The zero-order valence-electron chi connectivity index (χ0n) is 15.6. The number of hydrogen-bond acceptors (Lipinski definition) is 6. The second kappa shape index (κ2) is 9.62. The maximum atomic E-state index is 12.2. The zero-order chi connectivity index (χ0) is 20.7. The number of nitrogens with zero attached hydrogens (tertiary/aromatic N) is 1. The third-order valence-corrected chi connectivity index (χ3v) is 4.18. The number of ether oxygens (including phenoxy) is 3. The molecular formula is C20H19ClN2O5. The Hall–Kier alpha value is -3.24. The van der Waals surface area contributed by atoms with Crippen LogP contribution in [0.15, 0.2) is 36.4 Å². The topological polar surface area (TPSA) is 97.6 Å². The molecule has 2 aromatic carbocycles. The molecule has 1 amide bonds. The first-order valence-electron chi connectivity index (χ1n) is 8.28. The van der Waals surface area contributed by atoms with Gasteiger partial charge in [0.15, 0.2) is 6.10 Å². The van der Waals surface area contributed by atoms with E-state index in [1.807, 2.05) is 6.07 Å². The molecule has 0 saturated heterocycles. The highest BCUT2D eigenvalue weighted by molar-refractivity contribution is 6.32. The summed E-state index contributed by atoms with van der Waals surface area (Å²) < 4.78 is 15.6. The van der Waals surface area contributed by atoms with E-state index in [0.717, 1.165) is 0 Å². The smallest absolute Gasteiger partial charge is 0.311 e. The average Bonchev–Trinajstić information content (AvgIpc) is 2.68. The number of amides is 1. The monoisotopic (exact) mass is 402 g/mol. The minimum atomic E-state index is -1.02. The number of esters is 1. The molecule has 28 heavy (non-hydrogen) atoms. The van der Waals surface area contributed by atoms with Crippen LogP contribution in [0.5, 0.6) is 11.5 Å². The Morgan fingerprint density at radius 2 is 1.93 bits per heavy atom. The van der Waals surface area contributed by atoms with Crippen LogP contribution in [0.1, 0.15) is 18.1 Å². The van der Waals surface area contributed by atoms with Gasteiger partial charge in [-0.15, -0.1) is 0 Å². The first kappa shape index (κ1) is 21.1. The predicted molar refractivity (Wildman–Crippen MR) is 104 cm³/mol. The lowest BCUT2D eigenvalue weighted by Gasteiger charge is -2.15. The molecule has 0 heterocycles. The molecule has 0 aliphatic heterocycles. The molecule has 0 aliphatic rings. The summed E-state index contributed by atoms with van der Waals surface area (Å²) in [5.74, 6) is -0.0109. The summed E-state index contributed by atoms with van der Waals surface area (Å²) in [5, 5.41) is 11.7. The van der Waals surface area contributed by atoms with Gasteiger partial charge in [-0.3, -0.25) is 9.59 Å². The third-order valence-electron chi connectivity index (χ3n) is 3.86. The fraction of sp³-hybridized carbons (Fsp3) is 0.250. The molecule has 146 valence electrons. The highest BCUT2D eigenvalue weighted by atomic mass is 35.5.